The Morgan fingerprint density at radius 1 is 1.11 bits per heavy atom. The molecule has 1 unspecified atom stereocenters. The van der Waals surface area contributed by atoms with E-state index in [9.17, 15) is 8.78 Å². The highest BCUT2D eigenvalue weighted by Gasteiger charge is 2.19. The van der Waals surface area contributed by atoms with Gasteiger partial charge in [0, 0.05) is 16.1 Å². The maximum atomic E-state index is 13.9. The first-order valence-electron chi connectivity index (χ1n) is 5.97. The van der Waals surface area contributed by atoms with Gasteiger partial charge in [-0.15, -0.1) is 0 Å². The topological polar surface area (TPSA) is 12.0 Å². The van der Waals surface area contributed by atoms with Crippen molar-refractivity contribution < 1.29 is 8.78 Å². The van der Waals surface area contributed by atoms with Gasteiger partial charge in [0.25, 0.3) is 0 Å². The number of rotatable bonds is 4. The smallest absolute Gasteiger partial charge is 0.132 e. The molecule has 0 aliphatic carbocycles. The molecule has 0 aliphatic rings. The lowest BCUT2D eigenvalue weighted by Crippen LogP contribution is -2.21. The van der Waals surface area contributed by atoms with E-state index in [0.717, 1.165) is 5.56 Å². The van der Waals surface area contributed by atoms with Crippen LogP contribution in [0.25, 0.3) is 0 Å². The van der Waals surface area contributed by atoms with E-state index in [0.29, 0.717) is 10.9 Å². The number of likely N-dealkylation sites (N-methyl/N-ethyl adjacent to an activating group) is 1. The Bertz CT molecular complexity index is 534. The first-order valence-corrected chi connectivity index (χ1v) is 6.76. The fourth-order valence-electron chi connectivity index (χ4n) is 2.08. The van der Waals surface area contributed by atoms with E-state index in [4.69, 9.17) is 0 Å². The van der Waals surface area contributed by atoms with Gasteiger partial charge in [0.2, 0.25) is 0 Å². The van der Waals surface area contributed by atoms with Crippen LogP contribution < -0.4 is 5.32 Å². The summed E-state index contributed by atoms with van der Waals surface area (Å²) in [5, 5.41) is 2.97. The average molecular weight is 326 g/mol. The predicted octanol–water partition coefficient (Wildman–Crippen LogP) is 4.23. The highest BCUT2D eigenvalue weighted by molar-refractivity contribution is 9.10. The van der Waals surface area contributed by atoms with Crippen molar-refractivity contribution in [2.24, 2.45) is 0 Å². The molecule has 0 spiro atoms. The van der Waals surface area contributed by atoms with Gasteiger partial charge in [-0.25, -0.2) is 8.78 Å². The zero-order valence-electron chi connectivity index (χ0n) is 10.5. The van der Waals surface area contributed by atoms with Gasteiger partial charge in [0.1, 0.15) is 11.6 Å². The Kier molecular flexibility index (Phi) is 4.66. The third kappa shape index (κ3) is 3.39. The van der Waals surface area contributed by atoms with Crippen LogP contribution in [0.15, 0.2) is 46.9 Å². The SMILES string of the molecule is CNC(Cc1ccccc1)c1c(F)cc(Br)cc1F. The van der Waals surface area contributed by atoms with Crippen LogP contribution >= 0.6 is 15.9 Å². The first-order chi connectivity index (χ1) is 9.11. The molecule has 2 rings (SSSR count). The van der Waals surface area contributed by atoms with E-state index >= 15 is 0 Å². The van der Waals surface area contributed by atoms with E-state index in [1.807, 2.05) is 30.3 Å². The average Bonchev–Trinajstić information content (AvgIpc) is 2.37. The summed E-state index contributed by atoms with van der Waals surface area (Å²) < 4.78 is 28.3. The van der Waals surface area contributed by atoms with E-state index in [-0.39, 0.29) is 5.56 Å². The van der Waals surface area contributed by atoms with Gasteiger partial charge in [0.15, 0.2) is 0 Å². The summed E-state index contributed by atoms with van der Waals surface area (Å²) in [6.07, 6.45) is 0.535. The number of hydrogen-bond acceptors (Lipinski definition) is 1. The van der Waals surface area contributed by atoms with Gasteiger partial charge in [-0.1, -0.05) is 46.3 Å². The molecule has 0 amide bonds. The second kappa shape index (κ2) is 6.26. The van der Waals surface area contributed by atoms with E-state index in [2.05, 4.69) is 21.2 Å². The Labute approximate surface area is 119 Å². The zero-order valence-corrected chi connectivity index (χ0v) is 12.0. The molecule has 1 N–H and O–H groups in total. The fourth-order valence-corrected chi connectivity index (χ4v) is 2.49. The molecule has 0 aromatic heterocycles. The van der Waals surface area contributed by atoms with Crippen LogP contribution in [0.3, 0.4) is 0 Å². The standard InChI is InChI=1S/C15H14BrF2N/c1-19-14(7-10-5-3-2-4-6-10)15-12(17)8-11(16)9-13(15)18/h2-6,8-9,14,19H,7H2,1H3. The molecule has 0 saturated heterocycles. The van der Waals surface area contributed by atoms with Crippen LogP contribution in [0, 0.1) is 11.6 Å². The summed E-state index contributed by atoms with van der Waals surface area (Å²) in [5.74, 6) is -1.08. The molecule has 19 heavy (non-hydrogen) atoms. The summed E-state index contributed by atoms with van der Waals surface area (Å²) in [6.45, 7) is 0. The summed E-state index contributed by atoms with van der Waals surface area (Å²) in [5.41, 5.74) is 1.11. The van der Waals surface area contributed by atoms with E-state index in [1.165, 1.54) is 12.1 Å². The molecule has 2 aromatic rings. The second-order valence-electron chi connectivity index (χ2n) is 4.31. The van der Waals surface area contributed by atoms with Crippen molar-refractivity contribution >= 4 is 15.9 Å². The summed E-state index contributed by atoms with van der Waals surface area (Å²) >= 11 is 3.08. The van der Waals surface area contributed by atoms with Crippen molar-refractivity contribution in [3.8, 4) is 0 Å². The molecule has 0 fully saturated rings. The molecule has 1 nitrogen and oxygen atoms in total. The Balaban J connectivity index is 2.32. The molecule has 1 atom stereocenters. The number of benzene rings is 2. The molecule has 0 radical (unpaired) electrons. The summed E-state index contributed by atoms with van der Waals surface area (Å²) in [4.78, 5) is 0. The lowest BCUT2D eigenvalue weighted by molar-refractivity contribution is 0.488. The molecule has 0 aliphatic heterocycles. The molecule has 100 valence electrons. The highest BCUT2D eigenvalue weighted by Crippen LogP contribution is 2.27. The van der Waals surface area contributed by atoms with Crippen molar-refractivity contribution in [1.82, 2.24) is 5.32 Å². The molecular formula is C15H14BrF2N. The number of nitrogens with one attached hydrogen (secondary N) is 1. The molecule has 0 saturated carbocycles. The van der Waals surface area contributed by atoms with E-state index in [1.54, 1.807) is 7.05 Å². The van der Waals surface area contributed by atoms with Gasteiger partial charge in [-0.2, -0.15) is 0 Å². The molecule has 0 bridgehead atoms. The van der Waals surface area contributed by atoms with Crippen LogP contribution in [-0.2, 0) is 6.42 Å². The minimum atomic E-state index is -0.540. The number of halogens is 3. The van der Waals surface area contributed by atoms with Crippen LogP contribution in [-0.4, -0.2) is 7.05 Å². The van der Waals surface area contributed by atoms with Crippen molar-refractivity contribution in [1.29, 1.82) is 0 Å². The van der Waals surface area contributed by atoms with Crippen molar-refractivity contribution in [2.75, 3.05) is 7.05 Å². The molecular weight excluding hydrogens is 312 g/mol. The van der Waals surface area contributed by atoms with Gasteiger partial charge in [-0.3, -0.25) is 0 Å². The van der Waals surface area contributed by atoms with Crippen LogP contribution in [0.5, 0.6) is 0 Å². The van der Waals surface area contributed by atoms with Crippen molar-refractivity contribution in [3.63, 3.8) is 0 Å². The minimum absolute atomic E-state index is 0.0783. The van der Waals surface area contributed by atoms with Crippen molar-refractivity contribution in [2.45, 2.75) is 12.5 Å². The monoisotopic (exact) mass is 325 g/mol. The third-order valence-corrected chi connectivity index (χ3v) is 3.48. The Morgan fingerprint density at radius 3 is 2.21 bits per heavy atom. The predicted molar refractivity (Wildman–Crippen MR) is 76.0 cm³/mol. The molecule has 4 heteroatoms. The number of hydrogen-bond donors (Lipinski definition) is 1. The van der Waals surface area contributed by atoms with Gasteiger partial charge in [0.05, 0.1) is 0 Å². The Hall–Kier alpha value is -1.26. The van der Waals surface area contributed by atoms with Crippen LogP contribution in [0.2, 0.25) is 0 Å². The minimum Gasteiger partial charge on any atom is -0.313 e. The van der Waals surface area contributed by atoms with Gasteiger partial charge >= 0.3 is 0 Å². The molecule has 0 heterocycles. The fraction of sp³-hybridized carbons (Fsp3) is 0.200. The summed E-state index contributed by atoms with van der Waals surface area (Å²) in [6, 6.07) is 11.8. The summed E-state index contributed by atoms with van der Waals surface area (Å²) in [7, 11) is 1.70. The quantitative estimate of drug-likeness (QED) is 0.887. The maximum Gasteiger partial charge on any atom is 0.132 e. The largest absolute Gasteiger partial charge is 0.313 e. The van der Waals surface area contributed by atoms with Gasteiger partial charge in [-0.05, 0) is 31.2 Å². The lowest BCUT2D eigenvalue weighted by atomic mass is 9.98. The lowest BCUT2D eigenvalue weighted by Gasteiger charge is -2.18. The second-order valence-corrected chi connectivity index (χ2v) is 5.23. The first kappa shape index (κ1) is 14.2. The van der Waals surface area contributed by atoms with E-state index < -0.39 is 17.7 Å². The highest BCUT2D eigenvalue weighted by atomic mass is 79.9. The Morgan fingerprint density at radius 2 is 1.68 bits per heavy atom. The van der Waals surface area contributed by atoms with Crippen LogP contribution in [0.4, 0.5) is 8.78 Å². The normalized spacial score (nSPS) is 12.4. The van der Waals surface area contributed by atoms with Gasteiger partial charge < -0.3 is 5.32 Å². The zero-order chi connectivity index (χ0) is 13.8. The van der Waals surface area contributed by atoms with Crippen molar-refractivity contribution in [3.05, 3.63) is 69.7 Å². The maximum absolute atomic E-state index is 13.9. The third-order valence-electron chi connectivity index (χ3n) is 3.02. The molecule has 2 aromatic carbocycles. The van der Waals surface area contributed by atoms with Crippen LogP contribution in [0.1, 0.15) is 17.2 Å².